The van der Waals surface area contributed by atoms with E-state index in [0.29, 0.717) is 96.7 Å². The van der Waals surface area contributed by atoms with Crippen LogP contribution in [0, 0.1) is 71.0 Å². The predicted octanol–water partition coefficient (Wildman–Crippen LogP) is 5.15. The van der Waals surface area contributed by atoms with Gasteiger partial charge in [-0.1, -0.05) is 105 Å². The van der Waals surface area contributed by atoms with Crippen LogP contribution in [0.25, 0.3) is 0 Å². The van der Waals surface area contributed by atoms with Crippen molar-refractivity contribution in [1.82, 2.24) is 42.5 Å². The van der Waals surface area contributed by atoms with Gasteiger partial charge < -0.3 is 0 Å². The van der Waals surface area contributed by atoms with Crippen LogP contribution in [0.2, 0.25) is 0 Å². The van der Waals surface area contributed by atoms with Crippen LogP contribution < -0.4 is 42.5 Å². The first-order valence-corrected chi connectivity index (χ1v) is 21.7. The van der Waals surface area contributed by atoms with Gasteiger partial charge in [0.2, 0.25) is 0 Å². The van der Waals surface area contributed by atoms with Crippen molar-refractivity contribution >= 4 is 0 Å². The molecule has 8 heteroatoms. The van der Waals surface area contributed by atoms with Crippen molar-refractivity contribution in [1.29, 1.82) is 0 Å². The highest BCUT2D eigenvalue weighted by atomic mass is 15.4. The minimum atomic E-state index is 0.380. The summed E-state index contributed by atoms with van der Waals surface area (Å²) < 4.78 is 0. The third-order valence-corrected chi connectivity index (χ3v) is 16.8. The van der Waals surface area contributed by atoms with Crippen LogP contribution in [0.1, 0.15) is 130 Å². The van der Waals surface area contributed by atoms with Crippen LogP contribution in [0.15, 0.2) is 0 Å². The molecule has 48 heavy (non-hydrogen) atoms. The maximum absolute atomic E-state index is 4.42. The molecule has 8 N–H and O–H groups in total. The Balaban J connectivity index is 1.09. The van der Waals surface area contributed by atoms with Crippen LogP contribution in [-0.4, -0.2) is 49.3 Å². The molecule has 0 amide bonds. The summed E-state index contributed by atoms with van der Waals surface area (Å²) in [6.07, 6.45) is 25.0. The predicted molar refractivity (Wildman–Crippen MR) is 194 cm³/mol. The highest BCUT2D eigenvalue weighted by molar-refractivity contribution is 5.10. The van der Waals surface area contributed by atoms with Gasteiger partial charge in [-0.05, 0) is 96.7 Å². The van der Waals surface area contributed by atoms with Gasteiger partial charge in [0.15, 0.2) is 0 Å². The first-order chi connectivity index (χ1) is 23.6. The Bertz CT molecular complexity index is 941. The lowest BCUT2D eigenvalue weighted by molar-refractivity contribution is 0.0962. The van der Waals surface area contributed by atoms with Crippen LogP contribution in [0.3, 0.4) is 0 Å². The average Bonchev–Trinajstić information content (AvgIpc) is 3.86. The first-order valence-electron chi connectivity index (χ1n) is 21.7. The van der Waals surface area contributed by atoms with Crippen molar-refractivity contribution in [3.63, 3.8) is 0 Å². The molecule has 0 aromatic carbocycles. The fraction of sp³-hybridized carbons (Fsp3) is 1.00. The number of fused-ring (bicyclic) bond motifs is 20. The Morgan fingerprint density at radius 2 is 0.500 bits per heavy atom. The smallest absolute Gasteiger partial charge is 0.0631 e. The maximum atomic E-state index is 4.42. The molecule has 0 spiro atoms. The molecule has 0 aromatic heterocycles. The van der Waals surface area contributed by atoms with E-state index in [1.807, 2.05) is 0 Å². The molecule has 9 fully saturated rings. The number of rotatable bonds is 4. The van der Waals surface area contributed by atoms with Crippen molar-refractivity contribution in [3.8, 4) is 0 Å². The topological polar surface area (TPSA) is 96.2 Å². The van der Waals surface area contributed by atoms with Gasteiger partial charge in [-0.3, -0.25) is 42.5 Å². The first kappa shape index (κ1) is 33.5. The summed E-state index contributed by atoms with van der Waals surface area (Å²) >= 11 is 0. The zero-order valence-corrected chi connectivity index (χ0v) is 30.9. The van der Waals surface area contributed by atoms with E-state index in [2.05, 4.69) is 70.2 Å². The van der Waals surface area contributed by atoms with E-state index in [9.17, 15) is 0 Å². The molecular weight excluding hydrogens is 592 g/mol. The number of hydrogen-bond donors (Lipinski definition) is 8. The zero-order valence-electron chi connectivity index (χ0n) is 30.9. The molecule has 9 rings (SSSR count). The lowest BCUT2D eigenvalue weighted by Gasteiger charge is -2.41. The fourth-order valence-electron chi connectivity index (χ4n) is 14.7. The van der Waals surface area contributed by atoms with Crippen LogP contribution in [-0.2, 0) is 0 Å². The van der Waals surface area contributed by atoms with Crippen molar-refractivity contribution < 1.29 is 0 Å². The van der Waals surface area contributed by atoms with Crippen LogP contribution >= 0.6 is 0 Å². The summed E-state index contributed by atoms with van der Waals surface area (Å²) in [5.74, 6) is 8.93. The second kappa shape index (κ2) is 13.9. The standard InChI is InChI=1S/C40H72N8/c1-5-21-13-9-17-25-29(21)37-43-33(25)41-34-27-19-11-15-23(7-3)31(27)39(45-34)48-40-32-24(8-4)16-12-20-28(32)36(46-40)42-35-26-18-10-14-22(6-2)30(26)38(44-35)47-37/h21-48H,5-20H2,1-4H3. The molecule has 0 aromatic rings. The number of nitrogens with one attached hydrogen (secondary N) is 8. The average molecular weight is 665 g/mol. The maximum Gasteiger partial charge on any atom is 0.0631 e. The number of hydrogen-bond acceptors (Lipinski definition) is 8. The van der Waals surface area contributed by atoms with E-state index in [-0.39, 0.29) is 0 Å². The van der Waals surface area contributed by atoms with Crippen LogP contribution in [0.4, 0.5) is 0 Å². The molecule has 5 heterocycles. The Morgan fingerprint density at radius 3 is 0.729 bits per heavy atom. The van der Waals surface area contributed by atoms with Gasteiger partial charge in [-0.25, -0.2) is 0 Å². The van der Waals surface area contributed by atoms with Crippen molar-refractivity contribution in [3.05, 3.63) is 0 Å². The minimum absolute atomic E-state index is 0.380. The van der Waals surface area contributed by atoms with Crippen LogP contribution in [0.5, 0.6) is 0 Å². The van der Waals surface area contributed by atoms with Gasteiger partial charge in [0.25, 0.3) is 0 Å². The van der Waals surface area contributed by atoms with E-state index in [0.717, 1.165) is 23.7 Å². The molecule has 8 bridgehead atoms. The van der Waals surface area contributed by atoms with Gasteiger partial charge in [0.1, 0.15) is 0 Å². The van der Waals surface area contributed by atoms with Gasteiger partial charge in [0.05, 0.1) is 49.3 Å². The normalized spacial score (nSPS) is 56.2. The molecule has 20 atom stereocenters. The molecular formula is C40H72N8. The summed E-state index contributed by atoms with van der Waals surface area (Å²) in [5, 5.41) is 34.9. The largest absolute Gasteiger partial charge is 0.286 e. The Hall–Kier alpha value is -0.320. The molecule has 4 saturated carbocycles. The quantitative estimate of drug-likeness (QED) is 0.209. The third-order valence-electron chi connectivity index (χ3n) is 16.8. The molecule has 20 unspecified atom stereocenters. The Kier molecular flexibility index (Phi) is 9.71. The van der Waals surface area contributed by atoms with Crippen molar-refractivity contribution in [2.24, 2.45) is 71.0 Å². The molecule has 5 saturated heterocycles. The summed E-state index contributed by atoms with van der Waals surface area (Å²) in [4.78, 5) is 0. The zero-order chi connectivity index (χ0) is 32.5. The third kappa shape index (κ3) is 5.59. The summed E-state index contributed by atoms with van der Waals surface area (Å²) in [5.41, 5.74) is 0. The molecule has 0 radical (unpaired) electrons. The second-order valence-electron chi connectivity index (χ2n) is 18.5. The Labute approximate surface area is 292 Å². The van der Waals surface area contributed by atoms with E-state index in [4.69, 9.17) is 0 Å². The Morgan fingerprint density at radius 1 is 0.292 bits per heavy atom. The fourth-order valence-corrected chi connectivity index (χ4v) is 14.7. The SMILES string of the molecule is CCC1CCCC2C3NC4NC(NC5NC(NC6NC(NC(N3)C12)C1C(CC)CCCC61)C1CCCC(CC)C51)C1C(CC)CCCC41. The van der Waals surface area contributed by atoms with Gasteiger partial charge in [-0.15, -0.1) is 0 Å². The van der Waals surface area contributed by atoms with Crippen molar-refractivity contribution in [2.75, 3.05) is 0 Å². The van der Waals surface area contributed by atoms with Crippen molar-refractivity contribution in [2.45, 2.75) is 180 Å². The molecule has 8 nitrogen and oxygen atoms in total. The lowest BCUT2D eigenvalue weighted by Crippen LogP contribution is -2.62. The summed E-state index contributed by atoms with van der Waals surface area (Å²) in [6.45, 7) is 9.87. The lowest BCUT2D eigenvalue weighted by atomic mass is 9.68. The molecule has 5 aliphatic heterocycles. The van der Waals surface area contributed by atoms with Gasteiger partial charge in [-0.2, -0.15) is 0 Å². The van der Waals surface area contributed by atoms with E-state index >= 15 is 0 Å². The summed E-state index contributed by atoms with van der Waals surface area (Å²) in [7, 11) is 0. The van der Waals surface area contributed by atoms with E-state index in [1.165, 1.54) is 103 Å². The molecule has 4 aliphatic carbocycles. The minimum Gasteiger partial charge on any atom is -0.286 e. The van der Waals surface area contributed by atoms with Gasteiger partial charge in [0, 0.05) is 0 Å². The van der Waals surface area contributed by atoms with E-state index < -0.39 is 0 Å². The monoisotopic (exact) mass is 665 g/mol. The summed E-state index contributed by atoms with van der Waals surface area (Å²) in [6, 6.07) is 0. The highest BCUT2D eigenvalue weighted by Gasteiger charge is 2.57. The van der Waals surface area contributed by atoms with Gasteiger partial charge >= 0.3 is 0 Å². The molecule has 272 valence electrons. The molecule has 9 aliphatic rings. The highest BCUT2D eigenvalue weighted by Crippen LogP contribution is 2.50. The second-order valence-corrected chi connectivity index (χ2v) is 18.5. The van der Waals surface area contributed by atoms with E-state index in [1.54, 1.807) is 0 Å².